The number of hydrogen-bond acceptors (Lipinski definition) is 6. The van der Waals surface area contributed by atoms with E-state index in [-0.39, 0.29) is 18.7 Å². The maximum absolute atomic E-state index is 13.2. The molecule has 1 amide bonds. The lowest BCUT2D eigenvalue weighted by molar-refractivity contribution is 0.0912. The molecule has 0 unspecified atom stereocenters. The quantitative estimate of drug-likeness (QED) is 0.716. The Morgan fingerprint density at radius 2 is 1.97 bits per heavy atom. The van der Waals surface area contributed by atoms with Gasteiger partial charge in [-0.15, -0.1) is 0 Å². The van der Waals surface area contributed by atoms with E-state index in [1.807, 2.05) is 31.2 Å². The van der Waals surface area contributed by atoms with Gasteiger partial charge in [0.2, 0.25) is 6.79 Å². The van der Waals surface area contributed by atoms with Gasteiger partial charge in [0.15, 0.2) is 11.5 Å². The van der Waals surface area contributed by atoms with Crippen LogP contribution in [0.4, 0.5) is 0 Å². The second-order valence-electron chi connectivity index (χ2n) is 7.91. The van der Waals surface area contributed by atoms with Crippen LogP contribution in [-0.4, -0.2) is 28.9 Å². The number of fused-ring (bicyclic) bond motifs is 2. The molecular formula is C22H23N3O4. The molecule has 7 nitrogen and oxygen atoms in total. The highest BCUT2D eigenvalue weighted by atomic mass is 16.7. The molecule has 0 radical (unpaired) electrons. The first-order valence-electron chi connectivity index (χ1n) is 10.1. The molecule has 1 aromatic carbocycles. The third kappa shape index (κ3) is 3.20. The van der Waals surface area contributed by atoms with Crippen LogP contribution < -0.4 is 14.8 Å². The topological polar surface area (TPSA) is 86.5 Å². The van der Waals surface area contributed by atoms with Crippen LogP contribution in [0.2, 0.25) is 0 Å². The predicted octanol–water partition coefficient (Wildman–Crippen LogP) is 4.24. The summed E-state index contributed by atoms with van der Waals surface area (Å²) in [6.07, 6.45) is 4.53. The van der Waals surface area contributed by atoms with Crippen molar-refractivity contribution >= 4 is 17.0 Å². The van der Waals surface area contributed by atoms with Gasteiger partial charge in [0.1, 0.15) is 0 Å². The summed E-state index contributed by atoms with van der Waals surface area (Å²) in [5.41, 5.74) is 3.02. The lowest BCUT2D eigenvalue weighted by Gasteiger charge is -2.29. The van der Waals surface area contributed by atoms with E-state index in [9.17, 15) is 4.79 Å². The Balaban J connectivity index is 1.55. The number of hydrogen-bond donors (Lipinski definition) is 1. The first kappa shape index (κ1) is 18.0. The molecule has 1 N–H and O–H groups in total. The minimum absolute atomic E-state index is 0.107. The van der Waals surface area contributed by atoms with E-state index in [2.05, 4.69) is 22.4 Å². The van der Waals surface area contributed by atoms with Crippen molar-refractivity contribution in [2.24, 2.45) is 5.92 Å². The summed E-state index contributed by atoms with van der Waals surface area (Å²) >= 11 is 0. The number of nitrogens with one attached hydrogen (secondary N) is 1. The van der Waals surface area contributed by atoms with Crippen molar-refractivity contribution in [2.45, 2.75) is 45.6 Å². The maximum atomic E-state index is 13.2. The van der Waals surface area contributed by atoms with E-state index in [0.29, 0.717) is 45.5 Å². The predicted molar refractivity (Wildman–Crippen MR) is 107 cm³/mol. The highest BCUT2D eigenvalue weighted by Crippen LogP contribution is 2.36. The van der Waals surface area contributed by atoms with Gasteiger partial charge >= 0.3 is 0 Å². The summed E-state index contributed by atoms with van der Waals surface area (Å²) < 4.78 is 16.3. The molecule has 0 saturated heterocycles. The van der Waals surface area contributed by atoms with Crippen molar-refractivity contribution < 1.29 is 18.8 Å². The normalized spacial score (nSPS) is 20.8. The Hall–Kier alpha value is -3.09. The van der Waals surface area contributed by atoms with Crippen molar-refractivity contribution in [3.63, 3.8) is 0 Å². The van der Waals surface area contributed by atoms with Crippen LogP contribution in [0, 0.1) is 12.8 Å². The molecule has 1 aliphatic heterocycles. The number of pyridine rings is 1. The molecule has 1 fully saturated rings. The van der Waals surface area contributed by atoms with E-state index < -0.39 is 0 Å². The van der Waals surface area contributed by atoms with Crippen LogP contribution in [-0.2, 0) is 0 Å². The Morgan fingerprint density at radius 3 is 2.83 bits per heavy atom. The standard InChI is InChI=1S/C22H23N3O4/c1-12-5-3-4-6-16(12)23-21(26)15-10-17(24-22-20(15)13(2)25-29-22)14-7-8-18-19(9-14)28-11-27-18/h7-10,12,16H,3-6,11H2,1-2H3,(H,23,26)/t12-,16-/m0/s1. The molecule has 0 spiro atoms. The number of aromatic nitrogens is 2. The molecule has 2 aliphatic rings. The summed E-state index contributed by atoms with van der Waals surface area (Å²) in [6.45, 7) is 4.24. The van der Waals surface area contributed by atoms with E-state index in [0.717, 1.165) is 24.8 Å². The molecule has 29 heavy (non-hydrogen) atoms. The maximum Gasteiger partial charge on any atom is 0.259 e. The van der Waals surface area contributed by atoms with Gasteiger partial charge in [-0.25, -0.2) is 4.98 Å². The Morgan fingerprint density at radius 1 is 1.14 bits per heavy atom. The minimum Gasteiger partial charge on any atom is -0.454 e. The first-order valence-corrected chi connectivity index (χ1v) is 10.1. The summed E-state index contributed by atoms with van der Waals surface area (Å²) in [5, 5.41) is 7.93. The van der Waals surface area contributed by atoms with Crippen molar-refractivity contribution in [3.05, 3.63) is 35.5 Å². The number of rotatable bonds is 3. The van der Waals surface area contributed by atoms with E-state index >= 15 is 0 Å². The van der Waals surface area contributed by atoms with Gasteiger partial charge in [0.25, 0.3) is 11.6 Å². The molecule has 7 heteroatoms. The molecule has 150 valence electrons. The highest BCUT2D eigenvalue weighted by molar-refractivity contribution is 6.07. The number of benzene rings is 1. The molecule has 1 aliphatic carbocycles. The SMILES string of the molecule is Cc1noc2nc(-c3ccc4c(c3)OCO4)cc(C(=O)N[C@H]3CCCC[C@@H]3C)c12. The summed E-state index contributed by atoms with van der Waals surface area (Å²) in [5.74, 6) is 1.74. The van der Waals surface area contributed by atoms with Crippen LogP contribution in [0.3, 0.4) is 0 Å². The van der Waals surface area contributed by atoms with Crippen molar-refractivity contribution in [1.82, 2.24) is 15.5 Å². The van der Waals surface area contributed by atoms with Gasteiger partial charge in [0, 0.05) is 11.6 Å². The highest BCUT2D eigenvalue weighted by Gasteiger charge is 2.26. The number of nitrogens with zero attached hydrogens (tertiary/aromatic N) is 2. The van der Waals surface area contributed by atoms with Gasteiger partial charge in [-0.2, -0.15) is 0 Å². The van der Waals surface area contributed by atoms with Gasteiger partial charge in [-0.05, 0) is 49.9 Å². The smallest absolute Gasteiger partial charge is 0.259 e. The van der Waals surface area contributed by atoms with E-state index in [1.54, 1.807) is 0 Å². The molecule has 2 atom stereocenters. The average molecular weight is 393 g/mol. The monoisotopic (exact) mass is 393 g/mol. The Bertz CT molecular complexity index is 1090. The van der Waals surface area contributed by atoms with Crippen molar-refractivity contribution in [3.8, 4) is 22.8 Å². The van der Waals surface area contributed by atoms with Gasteiger partial charge in [-0.3, -0.25) is 4.79 Å². The second-order valence-corrected chi connectivity index (χ2v) is 7.91. The zero-order valence-electron chi connectivity index (χ0n) is 16.5. The number of carbonyl (C=O) groups excluding carboxylic acids is 1. The number of ether oxygens (including phenoxy) is 2. The van der Waals surface area contributed by atoms with Crippen LogP contribution in [0.1, 0.15) is 48.7 Å². The van der Waals surface area contributed by atoms with Crippen LogP contribution in [0.5, 0.6) is 11.5 Å². The van der Waals surface area contributed by atoms with Crippen LogP contribution in [0.25, 0.3) is 22.4 Å². The molecule has 2 aromatic heterocycles. The number of carbonyl (C=O) groups is 1. The lowest BCUT2D eigenvalue weighted by atomic mass is 9.86. The van der Waals surface area contributed by atoms with E-state index in [1.165, 1.54) is 6.42 Å². The van der Waals surface area contributed by atoms with Crippen molar-refractivity contribution in [1.29, 1.82) is 0 Å². The average Bonchev–Trinajstić information content (AvgIpc) is 3.35. The number of amides is 1. The fourth-order valence-electron chi connectivity index (χ4n) is 4.25. The lowest BCUT2D eigenvalue weighted by Crippen LogP contribution is -2.41. The molecular weight excluding hydrogens is 370 g/mol. The fraction of sp³-hybridized carbons (Fsp3) is 0.409. The Kier molecular flexibility index (Phi) is 4.38. The van der Waals surface area contributed by atoms with E-state index in [4.69, 9.17) is 14.0 Å². The van der Waals surface area contributed by atoms with Gasteiger partial charge in [0.05, 0.1) is 22.3 Å². The largest absolute Gasteiger partial charge is 0.454 e. The van der Waals surface area contributed by atoms with Gasteiger partial charge < -0.3 is 19.3 Å². The Labute approximate surface area is 168 Å². The zero-order chi connectivity index (χ0) is 20.0. The summed E-state index contributed by atoms with van der Waals surface area (Å²) in [7, 11) is 0. The number of aryl methyl sites for hydroxylation is 1. The zero-order valence-corrected chi connectivity index (χ0v) is 16.5. The molecule has 0 bridgehead atoms. The third-order valence-corrected chi connectivity index (χ3v) is 5.96. The third-order valence-electron chi connectivity index (χ3n) is 5.96. The van der Waals surface area contributed by atoms with Crippen LogP contribution in [0.15, 0.2) is 28.8 Å². The first-order chi connectivity index (χ1) is 14.1. The second kappa shape index (κ2) is 7.06. The van der Waals surface area contributed by atoms with Crippen molar-refractivity contribution in [2.75, 3.05) is 6.79 Å². The molecule has 5 rings (SSSR count). The van der Waals surface area contributed by atoms with Gasteiger partial charge in [-0.1, -0.05) is 24.9 Å². The molecule has 3 aromatic rings. The molecule has 3 heterocycles. The minimum atomic E-state index is -0.107. The van der Waals surface area contributed by atoms with Crippen LogP contribution >= 0.6 is 0 Å². The fourth-order valence-corrected chi connectivity index (χ4v) is 4.25. The summed E-state index contributed by atoms with van der Waals surface area (Å²) in [4.78, 5) is 17.8. The molecule has 1 saturated carbocycles. The summed E-state index contributed by atoms with van der Waals surface area (Å²) in [6, 6.07) is 7.61.